The van der Waals surface area contributed by atoms with Crippen LogP contribution in [0.25, 0.3) is 0 Å². The van der Waals surface area contributed by atoms with Gasteiger partial charge in [-0.1, -0.05) is 38.1 Å². The van der Waals surface area contributed by atoms with Crippen molar-refractivity contribution in [3.8, 4) is 0 Å². The van der Waals surface area contributed by atoms with Gasteiger partial charge in [0.2, 0.25) is 0 Å². The summed E-state index contributed by atoms with van der Waals surface area (Å²) in [7, 11) is 2.10. The monoisotopic (exact) mass is 292 g/mol. The fourth-order valence-corrected chi connectivity index (χ4v) is 2.94. The second-order valence-electron chi connectivity index (χ2n) is 5.86. The smallest absolute Gasteiger partial charge is 0.146 e. The highest BCUT2D eigenvalue weighted by atomic mass is 15.3. The molecule has 1 aliphatic rings. The summed E-state index contributed by atoms with van der Waals surface area (Å²) in [5, 5.41) is 4.23. The van der Waals surface area contributed by atoms with E-state index >= 15 is 0 Å². The molecule has 4 heteroatoms. The zero-order valence-corrected chi connectivity index (χ0v) is 13.1. The Kier molecular flexibility index (Phi) is 3.67. The summed E-state index contributed by atoms with van der Waals surface area (Å²) in [6, 6.07) is 14.2. The molecular formula is C18H20N4. The minimum absolute atomic E-state index is 0.0254. The number of para-hydroxylation sites is 1. The average molecular weight is 292 g/mol. The highest BCUT2D eigenvalue weighted by Gasteiger charge is 2.37. The van der Waals surface area contributed by atoms with E-state index in [1.54, 1.807) is 12.4 Å². The third kappa shape index (κ3) is 2.48. The summed E-state index contributed by atoms with van der Waals surface area (Å²) in [6.45, 7) is 4.47. The number of hydrazone groups is 1. The number of allylic oxidation sites excluding steroid dienone is 2. The number of likely N-dealkylation sites (N-methyl/N-ethyl adjacent to an activating group) is 1. The first-order chi connectivity index (χ1) is 10.6. The van der Waals surface area contributed by atoms with Crippen LogP contribution in [0.1, 0.15) is 19.4 Å². The van der Waals surface area contributed by atoms with Crippen molar-refractivity contribution in [1.29, 1.82) is 0 Å². The molecule has 0 unspecified atom stereocenters. The third-order valence-electron chi connectivity index (χ3n) is 4.09. The molecule has 1 aromatic heterocycles. The van der Waals surface area contributed by atoms with Gasteiger partial charge < -0.3 is 4.90 Å². The van der Waals surface area contributed by atoms with Crippen molar-refractivity contribution < 1.29 is 0 Å². The zero-order chi connectivity index (χ0) is 15.6. The molecule has 3 rings (SSSR count). The molecule has 0 amide bonds. The summed E-state index contributed by atoms with van der Waals surface area (Å²) in [5.41, 5.74) is 6.72. The molecule has 0 bridgehead atoms. The predicted molar refractivity (Wildman–Crippen MR) is 92.3 cm³/mol. The van der Waals surface area contributed by atoms with Gasteiger partial charge in [0, 0.05) is 36.3 Å². The molecule has 2 heterocycles. The van der Waals surface area contributed by atoms with Gasteiger partial charge >= 0.3 is 0 Å². The molecule has 0 saturated heterocycles. The lowest BCUT2D eigenvalue weighted by molar-refractivity contribution is 0.641. The van der Waals surface area contributed by atoms with Gasteiger partial charge in [0.15, 0.2) is 0 Å². The van der Waals surface area contributed by atoms with E-state index in [1.807, 2.05) is 18.2 Å². The minimum atomic E-state index is -0.0254. The highest BCUT2D eigenvalue weighted by Crippen LogP contribution is 2.46. The Labute approximate surface area is 131 Å². The van der Waals surface area contributed by atoms with Crippen LogP contribution in [0, 0.1) is 0 Å². The van der Waals surface area contributed by atoms with Crippen LogP contribution >= 0.6 is 0 Å². The molecule has 1 N–H and O–H groups in total. The molecule has 2 aromatic rings. The van der Waals surface area contributed by atoms with Crippen LogP contribution < -0.4 is 10.3 Å². The van der Waals surface area contributed by atoms with Gasteiger partial charge in [0.25, 0.3) is 0 Å². The Hall–Kier alpha value is -2.62. The van der Waals surface area contributed by atoms with E-state index < -0.39 is 0 Å². The summed E-state index contributed by atoms with van der Waals surface area (Å²) in [6.07, 6.45) is 5.57. The van der Waals surface area contributed by atoms with Crippen molar-refractivity contribution in [2.75, 3.05) is 17.4 Å². The first-order valence-electron chi connectivity index (χ1n) is 7.35. The van der Waals surface area contributed by atoms with Crippen molar-refractivity contribution in [2.45, 2.75) is 19.3 Å². The maximum Gasteiger partial charge on any atom is 0.146 e. The van der Waals surface area contributed by atoms with Crippen molar-refractivity contribution in [2.24, 2.45) is 5.10 Å². The number of hydrogen-bond acceptors (Lipinski definition) is 4. The maximum atomic E-state index is 4.23. The van der Waals surface area contributed by atoms with Crippen molar-refractivity contribution in [3.05, 3.63) is 66.0 Å². The predicted octanol–water partition coefficient (Wildman–Crippen LogP) is 3.79. The molecule has 0 aliphatic carbocycles. The molecule has 0 saturated carbocycles. The van der Waals surface area contributed by atoms with Crippen molar-refractivity contribution in [3.63, 3.8) is 0 Å². The number of anilines is 2. The summed E-state index contributed by atoms with van der Waals surface area (Å²) in [5.74, 6) is 0.736. The van der Waals surface area contributed by atoms with Crippen LogP contribution in [-0.2, 0) is 5.41 Å². The molecule has 4 nitrogen and oxygen atoms in total. The Balaban J connectivity index is 1.80. The number of hydrogen-bond donors (Lipinski definition) is 1. The van der Waals surface area contributed by atoms with E-state index in [1.165, 1.54) is 16.9 Å². The summed E-state index contributed by atoms with van der Waals surface area (Å²) < 4.78 is 0. The lowest BCUT2D eigenvalue weighted by Crippen LogP contribution is -2.23. The quantitative estimate of drug-likeness (QED) is 0.691. The average Bonchev–Trinajstić information content (AvgIpc) is 2.73. The largest absolute Gasteiger partial charge is 0.347 e. The lowest BCUT2D eigenvalue weighted by Gasteiger charge is -2.23. The number of pyridine rings is 1. The number of benzene rings is 1. The van der Waals surface area contributed by atoms with Crippen LogP contribution in [-0.4, -0.2) is 18.2 Å². The molecule has 1 aromatic carbocycles. The molecule has 22 heavy (non-hydrogen) atoms. The van der Waals surface area contributed by atoms with Gasteiger partial charge in [-0.15, -0.1) is 0 Å². The van der Waals surface area contributed by atoms with E-state index in [4.69, 9.17) is 0 Å². The highest BCUT2D eigenvalue weighted by molar-refractivity contribution is 5.79. The molecule has 0 atom stereocenters. The summed E-state index contributed by atoms with van der Waals surface area (Å²) >= 11 is 0. The first-order valence-corrected chi connectivity index (χ1v) is 7.35. The normalized spacial score (nSPS) is 18.0. The maximum absolute atomic E-state index is 4.23. The number of aromatic nitrogens is 1. The molecule has 0 spiro atoms. The Morgan fingerprint density at radius 2 is 1.91 bits per heavy atom. The standard InChI is InChI=1S/C18H20N4/c1-18(2)14-8-4-5-9-15(14)22(3)16(18)11-13-20-21-17-10-6-7-12-19-17/h4-13H,1-3H3,(H,19,21)/b16-11-,20-13-. The fourth-order valence-electron chi connectivity index (χ4n) is 2.94. The minimum Gasteiger partial charge on any atom is -0.347 e. The Bertz CT molecular complexity index is 717. The van der Waals surface area contributed by atoms with E-state index in [-0.39, 0.29) is 5.41 Å². The summed E-state index contributed by atoms with van der Waals surface area (Å²) in [4.78, 5) is 6.39. The van der Waals surface area contributed by atoms with E-state index in [9.17, 15) is 0 Å². The topological polar surface area (TPSA) is 40.5 Å². The van der Waals surface area contributed by atoms with Crippen molar-refractivity contribution >= 4 is 17.7 Å². The number of rotatable bonds is 3. The van der Waals surface area contributed by atoms with Crippen molar-refractivity contribution in [1.82, 2.24) is 4.98 Å². The molecule has 0 radical (unpaired) electrons. The molecular weight excluding hydrogens is 272 g/mol. The third-order valence-corrected chi connectivity index (χ3v) is 4.09. The van der Waals surface area contributed by atoms with Crippen LogP contribution in [0.4, 0.5) is 11.5 Å². The van der Waals surface area contributed by atoms with Gasteiger partial charge in [-0.05, 0) is 29.8 Å². The Morgan fingerprint density at radius 3 is 2.64 bits per heavy atom. The number of nitrogens with one attached hydrogen (secondary N) is 1. The molecule has 112 valence electrons. The van der Waals surface area contributed by atoms with Gasteiger partial charge in [-0.25, -0.2) is 4.98 Å². The first kappa shape index (κ1) is 14.3. The van der Waals surface area contributed by atoms with Gasteiger partial charge in [0.1, 0.15) is 5.82 Å². The van der Waals surface area contributed by atoms with Crippen LogP contribution in [0.2, 0.25) is 0 Å². The fraction of sp³-hybridized carbons (Fsp3) is 0.222. The second-order valence-corrected chi connectivity index (χ2v) is 5.86. The second kappa shape index (κ2) is 5.64. The van der Waals surface area contributed by atoms with Gasteiger partial charge in [0.05, 0.1) is 0 Å². The van der Waals surface area contributed by atoms with E-state index in [2.05, 4.69) is 71.6 Å². The van der Waals surface area contributed by atoms with Crippen LogP contribution in [0.15, 0.2) is 65.5 Å². The number of nitrogens with zero attached hydrogens (tertiary/aromatic N) is 3. The molecule has 0 fully saturated rings. The lowest BCUT2D eigenvalue weighted by atomic mass is 9.84. The zero-order valence-electron chi connectivity index (χ0n) is 13.1. The Morgan fingerprint density at radius 1 is 1.14 bits per heavy atom. The van der Waals surface area contributed by atoms with Gasteiger partial charge in [-0.3, -0.25) is 5.43 Å². The number of fused-ring (bicyclic) bond motifs is 1. The van der Waals surface area contributed by atoms with Crippen LogP contribution in [0.5, 0.6) is 0 Å². The van der Waals surface area contributed by atoms with Crippen LogP contribution in [0.3, 0.4) is 0 Å². The molecule has 1 aliphatic heterocycles. The van der Waals surface area contributed by atoms with Gasteiger partial charge in [-0.2, -0.15) is 5.10 Å². The van der Waals surface area contributed by atoms with E-state index in [0.29, 0.717) is 0 Å². The van der Waals surface area contributed by atoms with E-state index in [0.717, 1.165) is 5.82 Å². The SMILES string of the molecule is CN1/C(=C\C=N/Nc2ccccn2)C(C)(C)c2ccccc21.